The van der Waals surface area contributed by atoms with Gasteiger partial charge < -0.3 is 16.2 Å². The Kier molecular flexibility index (Phi) is 1.87. The predicted octanol–water partition coefficient (Wildman–Crippen LogP) is -0.411. The average molecular weight is 156 g/mol. The molecule has 4 N–H and O–H groups in total. The van der Waals surface area contributed by atoms with Crippen LogP contribution in [0.5, 0.6) is 0 Å². The van der Waals surface area contributed by atoms with E-state index in [0.29, 0.717) is 18.1 Å². The lowest BCUT2D eigenvalue weighted by atomic mass is 9.83. The van der Waals surface area contributed by atoms with E-state index >= 15 is 0 Å². The van der Waals surface area contributed by atoms with E-state index in [4.69, 9.17) is 10.8 Å². The van der Waals surface area contributed by atoms with Crippen molar-refractivity contribution in [3.05, 3.63) is 0 Å². The second-order valence-corrected chi connectivity index (χ2v) is 3.92. The molecule has 0 bridgehead atoms. The number of aliphatic hydroxyl groups is 1. The molecule has 0 heterocycles. The summed E-state index contributed by atoms with van der Waals surface area (Å²) in [4.78, 5) is 0. The number of hydrogen-bond donors (Lipinski definition) is 3. The fourth-order valence-electron chi connectivity index (χ4n) is 1.86. The maximum absolute atomic E-state index is 9.01. The first-order valence-electron chi connectivity index (χ1n) is 4.43. The normalized spacial score (nSPS) is 49.6. The summed E-state index contributed by atoms with van der Waals surface area (Å²) in [5, 5.41) is 12.5. The van der Waals surface area contributed by atoms with E-state index in [1.807, 2.05) is 0 Å². The first kappa shape index (κ1) is 7.53. The molecule has 2 rings (SSSR count). The number of hydrogen-bond acceptors (Lipinski definition) is 3. The van der Waals surface area contributed by atoms with Crippen LogP contribution >= 0.6 is 0 Å². The van der Waals surface area contributed by atoms with Crippen LogP contribution in [0.25, 0.3) is 0 Å². The molecular weight excluding hydrogens is 140 g/mol. The van der Waals surface area contributed by atoms with Gasteiger partial charge in [-0.1, -0.05) is 0 Å². The van der Waals surface area contributed by atoms with Crippen LogP contribution in [0.2, 0.25) is 0 Å². The smallest absolute Gasteiger partial charge is 0.0570 e. The second kappa shape index (κ2) is 2.73. The van der Waals surface area contributed by atoms with Crippen molar-refractivity contribution in [2.75, 3.05) is 0 Å². The summed E-state index contributed by atoms with van der Waals surface area (Å²) < 4.78 is 0. The molecule has 2 saturated carbocycles. The van der Waals surface area contributed by atoms with Crippen LogP contribution in [0.1, 0.15) is 25.7 Å². The van der Waals surface area contributed by atoms with Gasteiger partial charge in [0.1, 0.15) is 0 Å². The molecule has 0 amide bonds. The molecule has 3 nitrogen and oxygen atoms in total. The maximum Gasteiger partial charge on any atom is 0.0570 e. The van der Waals surface area contributed by atoms with Crippen molar-refractivity contribution in [1.29, 1.82) is 0 Å². The van der Waals surface area contributed by atoms with Crippen molar-refractivity contribution < 1.29 is 5.11 Å². The summed E-state index contributed by atoms with van der Waals surface area (Å²) in [5.41, 5.74) is 5.64. The van der Waals surface area contributed by atoms with Crippen molar-refractivity contribution in [3.8, 4) is 0 Å². The number of aliphatic hydroxyl groups excluding tert-OH is 1. The van der Waals surface area contributed by atoms with Gasteiger partial charge in [-0.2, -0.15) is 0 Å². The highest BCUT2D eigenvalue weighted by Gasteiger charge is 2.33. The summed E-state index contributed by atoms with van der Waals surface area (Å²) in [7, 11) is 0. The van der Waals surface area contributed by atoms with Crippen LogP contribution in [0.4, 0.5) is 0 Å². The van der Waals surface area contributed by atoms with Crippen molar-refractivity contribution >= 4 is 0 Å². The molecule has 2 fully saturated rings. The van der Waals surface area contributed by atoms with E-state index in [2.05, 4.69) is 5.32 Å². The molecule has 0 aromatic carbocycles. The number of nitrogens with two attached hydrogens (primary N) is 1. The highest BCUT2D eigenvalue weighted by molar-refractivity contribution is 4.93. The molecule has 0 unspecified atom stereocenters. The monoisotopic (exact) mass is 156 g/mol. The SMILES string of the molecule is NC1CC(NC2CC(O)C2)C1. The Hall–Kier alpha value is -0.120. The van der Waals surface area contributed by atoms with E-state index < -0.39 is 0 Å². The predicted molar refractivity (Wildman–Crippen MR) is 43.2 cm³/mol. The maximum atomic E-state index is 9.01. The van der Waals surface area contributed by atoms with Gasteiger partial charge in [0.05, 0.1) is 6.10 Å². The van der Waals surface area contributed by atoms with Crippen molar-refractivity contribution in [1.82, 2.24) is 5.32 Å². The molecule has 0 saturated heterocycles. The van der Waals surface area contributed by atoms with Crippen molar-refractivity contribution in [2.24, 2.45) is 5.73 Å². The van der Waals surface area contributed by atoms with Gasteiger partial charge in [0.2, 0.25) is 0 Å². The summed E-state index contributed by atoms with van der Waals surface area (Å²) in [5.74, 6) is 0. The van der Waals surface area contributed by atoms with E-state index in [-0.39, 0.29) is 6.10 Å². The van der Waals surface area contributed by atoms with Crippen molar-refractivity contribution in [2.45, 2.75) is 49.9 Å². The van der Waals surface area contributed by atoms with Gasteiger partial charge in [-0.3, -0.25) is 0 Å². The van der Waals surface area contributed by atoms with E-state index in [1.54, 1.807) is 0 Å². The van der Waals surface area contributed by atoms with E-state index in [1.165, 1.54) is 0 Å². The lowest BCUT2D eigenvalue weighted by Gasteiger charge is -2.41. The minimum absolute atomic E-state index is 0.0405. The Morgan fingerprint density at radius 1 is 1.09 bits per heavy atom. The third-order valence-corrected chi connectivity index (χ3v) is 2.76. The van der Waals surface area contributed by atoms with Gasteiger partial charge in [-0.25, -0.2) is 0 Å². The molecule has 0 radical (unpaired) electrons. The zero-order valence-corrected chi connectivity index (χ0v) is 6.66. The van der Waals surface area contributed by atoms with E-state index in [9.17, 15) is 0 Å². The van der Waals surface area contributed by atoms with Crippen LogP contribution in [0.15, 0.2) is 0 Å². The van der Waals surface area contributed by atoms with Gasteiger partial charge >= 0.3 is 0 Å². The molecule has 0 spiro atoms. The van der Waals surface area contributed by atoms with Crippen LogP contribution in [-0.2, 0) is 0 Å². The minimum atomic E-state index is -0.0405. The third-order valence-electron chi connectivity index (χ3n) is 2.76. The molecule has 64 valence electrons. The van der Waals surface area contributed by atoms with Gasteiger partial charge in [-0.15, -0.1) is 0 Å². The fraction of sp³-hybridized carbons (Fsp3) is 1.00. The lowest BCUT2D eigenvalue weighted by Crippen LogP contribution is -2.55. The standard InChI is InChI=1S/C8H16N2O/c9-5-1-6(2-5)10-7-3-8(11)4-7/h5-8,10-11H,1-4,9H2. The molecule has 2 aliphatic carbocycles. The quantitative estimate of drug-likeness (QED) is 0.509. The Bertz CT molecular complexity index is 123. The molecular formula is C8H16N2O. The van der Waals surface area contributed by atoms with Gasteiger partial charge in [0, 0.05) is 18.1 Å². The van der Waals surface area contributed by atoms with Crippen LogP contribution in [-0.4, -0.2) is 29.3 Å². The van der Waals surface area contributed by atoms with Gasteiger partial charge in [0.25, 0.3) is 0 Å². The molecule has 11 heavy (non-hydrogen) atoms. The van der Waals surface area contributed by atoms with Crippen LogP contribution < -0.4 is 11.1 Å². The molecule has 0 aromatic heterocycles. The largest absolute Gasteiger partial charge is 0.393 e. The summed E-state index contributed by atoms with van der Waals surface area (Å²) in [6.45, 7) is 0. The zero-order valence-electron chi connectivity index (χ0n) is 6.66. The number of rotatable bonds is 2. The highest BCUT2D eigenvalue weighted by Crippen LogP contribution is 2.24. The average Bonchev–Trinajstić information content (AvgIpc) is 1.81. The molecule has 0 atom stereocenters. The summed E-state index contributed by atoms with van der Waals surface area (Å²) in [6, 6.07) is 1.64. The van der Waals surface area contributed by atoms with Gasteiger partial charge in [0.15, 0.2) is 0 Å². The number of nitrogens with one attached hydrogen (secondary N) is 1. The molecule has 0 aromatic rings. The van der Waals surface area contributed by atoms with Crippen LogP contribution in [0, 0.1) is 0 Å². The third kappa shape index (κ3) is 1.55. The lowest BCUT2D eigenvalue weighted by molar-refractivity contribution is 0.0509. The first-order chi connectivity index (χ1) is 5.24. The van der Waals surface area contributed by atoms with Gasteiger partial charge in [-0.05, 0) is 25.7 Å². The van der Waals surface area contributed by atoms with Crippen molar-refractivity contribution in [3.63, 3.8) is 0 Å². The highest BCUT2D eigenvalue weighted by atomic mass is 16.3. The summed E-state index contributed by atoms with van der Waals surface area (Å²) in [6.07, 6.45) is 4.07. The second-order valence-electron chi connectivity index (χ2n) is 3.92. The molecule has 0 aliphatic heterocycles. The molecule has 3 heteroatoms. The first-order valence-corrected chi connectivity index (χ1v) is 4.43. The Morgan fingerprint density at radius 2 is 1.64 bits per heavy atom. The molecule has 2 aliphatic rings. The summed E-state index contributed by atoms with van der Waals surface area (Å²) >= 11 is 0. The Balaban J connectivity index is 1.61. The fourth-order valence-corrected chi connectivity index (χ4v) is 1.86. The zero-order chi connectivity index (χ0) is 7.84. The topological polar surface area (TPSA) is 58.3 Å². The Labute approximate surface area is 67.0 Å². The Morgan fingerprint density at radius 3 is 2.09 bits per heavy atom. The van der Waals surface area contributed by atoms with Crippen LogP contribution in [0.3, 0.4) is 0 Å². The van der Waals surface area contributed by atoms with E-state index in [0.717, 1.165) is 25.7 Å². The minimum Gasteiger partial charge on any atom is -0.393 e.